The summed E-state index contributed by atoms with van der Waals surface area (Å²) in [6, 6.07) is 13.5. The Balaban J connectivity index is 1.34. The average Bonchev–Trinajstić information content (AvgIpc) is 3.39. The van der Waals surface area contributed by atoms with Gasteiger partial charge in [-0.1, -0.05) is 18.2 Å². The highest BCUT2D eigenvalue weighted by atomic mass is 16.6. The highest BCUT2D eigenvalue weighted by molar-refractivity contribution is 6.02. The number of likely N-dealkylation sites (N-methyl/N-ethyl adjacent to an activating group) is 1. The van der Waals surface area contributed by atoms with Crippen molar-refractivity contribution in [2.24, 2.45) is 0 Å². The molecular weight excluding hydrogens is 466 g/mol. The summed E-state index contributed by atoms with van der Waals surface area (Å²) >= 11 is 0. The van der Waals surface area contributed by atoms with E-state index in [-0.39, 0.29) is 24.0 Å². The highest BCUT2D eigenvalue weighted by Gasteiger charge is 2.25. The summed E-state index contributed by atoms with van der Waals surface area (Å²) in [6.45, 7) is 0.583. The van der Waals surface area contributed by atoms with Gasteiger partial charge in [-0.15, -0.1) is 0 Å². The summed E-state index contributed by atoms with van der Waals surface area (Å²) < 4.78 is 13.3. The van der Waals surface area contributed by atoms with E-state index in [9.17, 15) is 14.9 Å². The highest BCUT2D eigenvalue weighted by Crippen LogP contribution is 2.35. The Kier molecular flexibility index (Phi) is 4.99. The molecule has 0 fully saturated rings. The number of H-pyrrole nitrogens is 1. The minimum Gasteiger partial charge on any atom is -0.485 e. The van der Waals surface area contributed by atoms with Gasteiger partial charge in [-0.25, -0.2) is 4.98 Å². The van der Waals surface area contributed by atoms with Crippen LogP contribution in [0, 0.1) is 10.1 Å². The molecule has 1 aliphatic heterocycles. The largest absolute Gasteiger partial charge is 0.485 e. The van der Waals surface area contributed by atoms with E-state index in [1.165, 1.54) is 24.4 Å². The van der Waals surface area contributed by atoms with Gasteiger partial charge >= 0.3 is 0 Å². The number of nitrogens with zero attached hydrogens (tertiary/aromatic N) is 6. The fourth-order valence-electron chi connectivity index (χ4n) is 4.28. The first-order valence-corrected chi connectivity index (χ1v) is 11.1. The topological polar surface area (TPSA) is 141 Å². The first kappa shape index (κ1) is 21.5. The molecule has 5 aromatic rings. The van der Waals surface area contributed by atoms with Gasteiger partial charge in [-0.2, -0.15) is 10.1 Å². The van der Waals surface area contributed by atoms with Crippen molar-refractivity contribution in [1.29, 1.82) is 0 Å². The Morgan fingerprint density at radius 2 is 2.00 bits per heavy atom. The second-order valence-corrected chi connectivity index (χ2v) is 8.36. The molecule has 2 aromatic carbocycles. The Morgan fingerprint density at radius 3 is 2.81 bits per heavy atom. The van der Waals surface area contributed by atoms with Crippen LogP contribution < -0.4 is 19.9 Å². The van der Waals surface area contributed by atoms with Crippen molar-refractivity contribution in [3.05, 3.63) is 81.4 Å². The van der Waals surface area contributed by atoms with E-state index in [1.54, 1.807) is 15.7 Å². The molecule has 0 bridgehead atoms. The van der Waals surface area contributed by atoms with Crippen LogP contribution in [0.15, 0.2) is 65.7 Å². The first-order chi connectivity index (χ1) is 17.5. The maximum Gasteiger partial charge on any atom is 0.273 e. The molecule has 180 valence electrons. The van der Waals surface area contributed by atoms with Crippen molar-refractivity contribution in [1.82, 2.24) is 24.7 Å². The minimum absolute atomic E-state index is 0.0617. The number of hydrogen-bond donors (Lipinski definition) is 1. The number of aromatic amines is 1. The number of nitro benzene ring substituents is 1. The number of hydrogen-bond acceptors (Lipinski definition) is 9. The number of rotatable bonds is 5. The zero-order chi connectivity index (χ0) is 24.8. The Morgan fingerprint density at radius 1 is 1.17 bits per heavy atom. The SMILES string of the molecule is CN(C[C@H]1COc2cc([N+](=O)[O-])ccc2O1)c1ncc2c3[nH]ncc3c(=O)n(-c3ccccc3)c2n1. The maximum absolute atomic E-state index is 13.3. The third kappa shape index (κ3) is 3.55. The molecule has 12 nitrogen and oxygen atoms in total. The predicted octanol–water partition coefficient (Wildman–Crippen LogP) is 2.84. The minimum atomic E-state index is -0.480. The molecule has 36 heavy (non-hydrogen) atoms. The van der Waals surface area contributed by atoms with Crippen molar-refractivity contribution in [3.8, 4) is 17.2 Å². The Labute approximate surface area is 202 Å². The molecule has 1 aliphatic rings. The van der Waals surface area contributed by atoms with Crippen LogP contribution in [0.2, 0.25) is 0 Å². The standard InChI is InChI=1S/C24H19N7O5/c1-29(12-16-13-35-20-9-15(31(33)34)7-8-19(20)36-16)24-25-10-17-21-18(11-26-28-21)23(32)30(22(17)27-24)14-5-3-2-4-6-14/h2-11,16H,12-13H2,1H3,(H,26,28)/t16-/m0/s1. The zero-order valence-corrected chi connectivity index (χ0v) is 19.0. The van der Waals surface area contributed by atoms with Crippen molar-refractivity contribution in [2.75, 3.05) is 25.1 Å². The molecule has 4 heterocycles. The van der Waals surface area contributed by atoms with E-state index in [2.05, 4.69) is 15.2 Å². The molecule has 0 saturated heterocycles. The van der Waals surface area contributed by atoms with Gasteiger partial charge in [0.05, 0.1) is 45.7 Å². The number of fused-ring (bicyclic) bond motifs is 4. The number of benzene rings is 2. The van der Waals surface area contributed by atoms with E-state index < -0.39 is 4.92 Å². The predicted molar refractivity (Wildman–Crippen MR) is 131 cm³/mol. The lowest BCUT2D eigenvalue weighted by atomic mass is 10.2. The van der Waals surface area contributed by atoms with Gasteiger partial charge in [0, 0.05) is 19.3 Å². The summed E-state index contributed by atoms with van der Waals surface area (Å²) in [5.41, 5.74) is 1.40. The number of nitrogens with one attached hydrogen (secondary N) is 1. The van der Waals surface area contributed by atoms with Crippen molar-refractivity contribution >= 4 is 33.6 Å². The molecule has 0 unspecified atom stereocenters. The Hall–Kier alpha value is -5.00. The molecule has 0 saturated carbocycles. The maximum atomic E-state index is 13.3. The number of nitro groups is 1. The van der Waals surface area contributed by atoms with Gasteiger partial charge in [-0.3, -0.25) is 24.6 Å². The summed E-state index contributed by atoms with van der Waals surface area (Å²) in [5, 5.41) is 19.0. The molecule has 0 spiro atoms. The van der Waals surface area contributed by atoms with Crippen LogP contribution in [0.3, 0.4) is 0 Å². The van der Waals surface area contributed by atoms with Crippen LogP contribution >= 0.6 is 0 Å². The van der Waals surface area contributed by atoms with E-state index >= 15 is 0 Å². The molecule has 0 aliphatic carbocycles. The fourth-order valence-corrected chi connectivity index (χ4v) is 4.28. The van der Waals surface area contributed by atoms with E-state index in [1.807, 2.05) is 37.4 Å². The van der Waals surface area contributed by atoms with Crippen LogP contribution in [0.1, 0.15) is 0 Å². The lowest BCUT2D eigenvalue weighted by Crippen LogP contribution is -2.40. The van der Waals surface area contributed by atoms with Crippen LogP contribution in [-0.4, -0.2) is 56.0 Å². The smallest absolute Gasteiger partial charge is 0.273 e. The normalized spacial score (nSPS) is 14.8. The van der Waals surface area contributed by atoms with Crippen molar-refractivity contribution in [2.45, 2.75) is 6.10 Å². The number of pyridine rings is 1. The van der Waals surface area contributed by atoms with Gasteiger partial charge in [0.1, 0.15) is 6.61 Å². The van der Waals surface area contributed by atoms with Crippen LogP contribution in [0.5, 0.6) is 11.5 Å². The number of aromatic nitrogens is 5. The third-order valence-corrected chi connectivity index (χ3v) is 6.00. The van der Waals surface area contributed by atoms with Gasteiger partial charge in [0.25, 0.3) is 11.2 Å². The average molecular weight is 485 g/mol. The molecule has 3 aromatic heterocycles. The van der Waals surface area contributed by atoms with E-state index in [4.69, 9.17) is 14.5 Å². The van der Waals surface area contributed by atoms with Crippen LogP contribution in [0.25, 0.3) is 27.6 Å². The lowest BCUT2D eigenvalue weighted by molar-refractivity contribution is -0.385. The number of para-hydroxylation sites is 1. The quantitative estimate of drug-likeness (QED) is 0.294. The fraction of sp³-hybridized carbons (Fsp3) is 0.167. The van der Waals surface area contributed by atoms with Crippen LogP contribution in [-0.2, 0) is 0 Å². The molecule has 0 radical (unpaired) electrons. The molecule has 1 atom stereocenters. The first-order valence-electron chi connectivity index (χ1n) is 11.1. The van der Waals surface area contributed by atoms with E-state index in [0.29, 0.717) is 51.6 Å². The zero-order valence-electron chi connectivity index (χ0n) is 19.0. The second-order valence-electron chi connectivity index (χ2n) is 8.36. The molecule has 12 heteroatoms. The molecule has 6 rings (SSSR count). The lowest BCUT2D eigenvalue weighted by Gasteiger charge is -2.29. The summed E-state index contributed by atoms with van der Waals surface area (Å²) in [5.74, 6) is 1.16. The third-order valence-electron chi connectivity index (χ3n) is 6.00. The molecular formula is C24H19N7O5. The number of anilines is 1. The number of ether oxygens (including phenoxy) is 2. The summed E-state index contributed by atoms with van der Waals surface area (Å²) in [4.78, 5) is 34.9. The molecule has 0 amide bonds. The Bertz CT molecular complexity index is 1680. The van der Waals surface area contributed by atoms with Crippen molar-refractivity contribution < 1.29 is 14.4 Å². The van der Waals surface area contributed by atoms with Gasteiger partial charge in [0.15, 0.2) is 23.3 Å². The monoisotopic (exact) mass is 485 g/mol. The second kappa shape index (κ2) is 8.34. The van der Waals surface area contributed by atoms with Gasteiger partial charge in [-0.05, 0) is 18.2 Å². The summed E-state index contributed by atoms with van der Waals surface area (Å²) in [7, 11) is 1.82. The van der Waals surface area contributed by atoms with Gasteiger partial charge < -0.3 is 14.4 Å². The number of non-ortho nitro benzene ring substituents is 1. The van der Waals surface area contributed by atoms with E-state index in [0.717, 1.165) is 0 Å². The summed E-state index contributed by atoms with van der Waals surface area (Å²) in [6.07, 6.45) is 2.80. The van der Waals surface area contributed by atoms with Crippen LogP contribution in [0.4, 0.5) is 11.6 Å². The van der Waals surface area contributed by atoms with Gasteiger partial charge in [0.2, 0.25) is 5.95 Å². The van der Waals surface area contributed by atoms with Crippen molar-refractivity contribution in [3.63, 3.8) is 0 Å². The molecule has 1 N–H and O–H groups in total.